The summed E-state index contributed by atoms with van der Waals surface area (Å²) in [6.45, 7) is 7.40. The van der Waals surface area contributed by atoms with Gasteiger partial charge in [-0.15, -0.1) is 0 Å². The van der Waals surface area contributed by atoms with Gasteiger partial charge in [0.25, 0.3) is 0 Å². The van der Waals surface area contributed by atoms with Crippen LogP contribution < -0.4 is 5.32 Å². The van der Waals surface area contributed by atoms with Crippen LogP contribution in [0.2, 0.25) is 0 Å². The Labute approximate surface area is 97.1 Å². The van der Waals surface area contributed by atoms with E-state index in [0.717, 1.165) is 25.2 Å². The van der Waals surface area contributed by atoms with Crippen molar-refractivity contribution in [3.8, 4) is 0 Å². The Morgan fingerprint density at radius 1 is 1.56 bits per heavy atom. The second-order valence-corrected chi connectivity index (χ2v) is 4.27. The predicted molar refractivity (Wildman–Crippen MR) is 64.2 cm³/mol. The van der Waals surface area contributed by atoms with Gasteiger partial charge < -0.3 is 9.88 Å². The molecular weight excluding hydrogens is 202 g/mol. The monoisotopic (exact) mass is 223 g/mol. The maximum absolute atomic E-state index is 11.6. The Morgan fingerprint density at radius 3 is 2.94 bits per heavy atom. The molecule has 1 N–H and O–H groups in total. The SMILES string of the molecule is CCCCNC(=O)Cn1ccnc1C(C)C. The second kappa shape index (κ2) is 6.30. The van der Waals surface area contributed by atoms with Gasteiger partial charge in [-0.05, 0) is 6.42 Å². The van der Waals surface area contributed by atoms with E-state index >= 15 is 0 Å². The fourth-order valence-electron chi connectivity index (χ4n) is 1.57. The average Bonchev–Trinajstić information content (AvgIpc) is 2.66. The van der Waals surface area contributed by atoms with Crippen LogP contribution in [0.15, 0.2) is 12.4 Å². The number of amides is 1. The van der Waals surface area contributed by atoms with Gasteiger partial charge in [-0.25, -0.2) is 4.98 Å². The van der Waals surface area contributed by atoms with Crippen molar-refractivity contribution in [2.75, 3.05) is 6.54 Å². The van der Waals surface area contributed by atoms with Crippen LogP contribution in [0.3, 0.4) is 0 Å². The van der Waals surface area contributed by atoms with Gasteiger partial charge in [0.15, 0.2) is 0 Å². The van der Waals surface area contributed by atoms with E-state index in [0.29, 0.717) is 12.5 Å². The third kappa shape index (κ3) is 3.68. The smallest absolute Gasteiger partial charge is 0.239 e. The number of hydrogen-bond acceptors (Lipinski definition) is 2. The van der Waals surface area contributed by atoms with E-state index < -0.39 is 0 Å². The van der Waals surface area contributed by atoms with Gasteiger partial charge in [-0.1, -0.05) is 27.2 Å². The maximum atomic E-state index is 11.6. The third-order valence-corrected chi connectivity index (χ3v) is 2.43. The predicted octanol–water partition coefficient (Wildman–Crippen LogP) is 1.92. The maximum Gasteiger partial charge on any atom is 0.239 e. The lowest BCUT2D eigenvalue weighted by molar-refractivity contribution is -0.121. The van der Waals surface area contributed by atoms with Crippen LogP contribution in [0.4, 0.5) is 0 Å². The molecule has 1 aromatic heterocycles. The second-order valence-electron chi connectivity index (χ2n) is 4.27. The summed E-state index contributed by atoms with van der Waals surface area (Å²) >= 11 is 0. The molecule has 0 atom stereocenters. The molecular formula is C12H21N3O. The summed E-state index contributed by atoms with van der Waals surface area (Å²) in [5.74, 6) is 1.37. The lowest BCUT2D eigenvalue weighted by atomic mass is 10.2. The number of carbonyl (C=O) groups excluding carboxylic acids is 1. The number of aromatic nitrogens is 2. The molecule has 1 heterocycles. The molecule has 0 aromatic carbocycles. The van der Waals surface area contributed by atoms with Crippen LogP contribution in [-0.2, 0) is 11.3 Å². The van der Waals surface area contributed by atoms with E-state index in [1.165, 1.54) is 0 Å². The molecule has 1 rings (SSSR count). The van der Waals surface area contributed by atoms with Crippen LogP contribution in [0.5, 0.6) is 0 Å². The first-order chi connectivity index (χ1) is 7.65. The zero-order chi connectivity index (χ0) is 12.0. The minimum absolute atomic E-state index is 0.0633. The zero-order valence-electron chi connectivity index (χ0n) is 10.4. The largest absolute Gasteiger partial charge is 0.355 e. The molecule has 1 amide bonds. The Balaban J connectivity index is 2.46. The highest BCUT2D eigenvalue weighted by molar-refractivity contribution is 5.75. The Morgan fingerprint density at radius 2 is 2.31 bits per heavy atom. The van der Waals surface area contributed by atoms with Crippen molar-refractivity contribution >= 4 is 5.91 Å². The van der Waals surface area contributed by atoms with Crippen LogP contribution in [0.1, 0.15) is 45.4 Å². The van der Waals surface area contributed by atoms with Crippen LogP contribution in [0.25, 0.3) is 0 Å². The Hall–Kier alpha value is -1.32. The molecule has 0 unspecified atom stereocenters. The van der Waals surface area contributed by atoms with Crippen LogP contribution in [-0.4, -0.2) is 22.0 Å². The molecule has 0 saturated heterocycles. The topological polar surface area (TPSA) is 46.9 Å². The molecule has 0 bridgehead atoms. The Kier molecular flexibility index (Phi) is 5.02. The normalized spacial score (nSPS) is 10.8. The van der Waals surface area contributed by atoms with Gasteiger partial charge in [0, 0.05) is 24.9 Å². The highest BCUT2D eigenvalue weighted by Crippen LogP contribution is 2.11. The number of nitrogens with zero attached hydrogens (tertiary/aromatic N) is 2. The van der Waals surface area contributed by atoms with E-state index in [1.54, 1.807) is 6.20 Å². The molecule has 0 fully saturated rings. The molecule has 16 heavy (non-hydrogen) atoms. The van der Waals surface area contributed by atoms with Gasteiger partial charge in [0.05, 0.1) is 0 Å². The molecule has 0 radical (unpaired) electrons. The summed E-state index contributed by atoms with van der Waals surface area (Å²) in [4.78, 5) is 15.8. The molecule has 1 aromatic rings. The number of hydrogen-bond donors (Lipinski definition) is 1. The fourth-order valence-corrected chi connectivity index (χ4v) is 1.57. The number of nitrogens with one attached hydrogen (secondary N) is 1. The lowest BCUT2D eigenvalue weighted by Gasteiger charge is -2.10. The average molecular weight is 223 g/mol. The Bertz CT molecular complexity index is 331. The summed E-state index contributed by atoms with van der Waals surface area (Å²) in [6.07, 6.45) is 5.73. The summed E-state index contributed by atoms with van der Waals surface area (Å²) in [6, 6.07) is 0. The van der Waals surface area contributed by atoms with Gasteiger partial charge in [-0.2, -0.15) is 0 Å². The van der Waals surface area contributed by atoms with Gasteiger partial charge >= 0.3 is 0 Å². The number of imidazole rings is 1. The number of carbonyl (C=O) groups is 1. The highest BCUT2D eigenvalue weighted by Gasteiger charge is 2.09. The molecule has 0 aliphatic heterocycles. The molecule has 4 heteroatoms. The molecule has 0 aliphatic carbocycles. The van der Waals surface area contributed by atoms with Gasteiger partial charge in [-0.3, -0.25) is 4.79 Å². The van der Waals surface area contributed by atoms with Crippen LogP contribution in [0, 0.1) is 0 Å². The first-order valence-electron chi connectivity index (χ1n) is 5.92. The van der Waals surface area contributed by atoms with Crippen molar-refractivity contribution < 1.29 is 4.79 Å². The van der Waals surface area contributed by atoms with Crippen molar-refractivity contribution in [1.82, 2.24) is 14.9 Å². The minimum Gasteiger partial charge on any atom is -0.355 e. The summed E-state index contributed by atoms with van der Waals surface area (Å²) in [5.41, 5.74) is 0. The van der Waals surface area contributed by atoms with E-state index in [2.05, 4.69) is 31.1 Å². The van der Waals surface area contributed by atoms with Gasteiger partial charge in [0.1, 0.15) is 12.4 Å². The zero-order valence-corrected chi connectivity index (χ0v) is 10.4. The molecule has 4 nitrogen and oxygen atoms in total. The van der Waals surface area contributed by atoms with Crippen molar-refractivity contribution in [2.24, 2.45) is 0 Å². The summed E-state index contributed by atoms with van der Waals surface area (Å²) < 4.78 is 1.91. The standard InChI is InChI=1S/C12H21N3O/c1-4-5-6-13-11(16)9-15-8-7-14-12(15)10(2)3/h7-8,10H,4-6,9H2,1-3H3,(H,13,16). The van der Waals surface area contributed by atoms with Gasteiger partial charge in [0.2, 0.25) is 5.91 Å². The van der Waals surface area contributed by atoms with E-state index in [-0.39, 0.29) is 5.91 Å². The quantitative estimate of drug-likeness (QED) is 0.749. The summed E-state index contributed by atoms with van der Waals surface area (Å²) in [7, 11) is 0. The molecule has 0 saturated carbocycles. The minimum atomic E-state index is 0.0633. The highest BCUT2D eigenvalue weighted by atomic mass is 16.1. The van der Waals surface area contributed by atoms with Crippen molar-refractivity contribution in [3.63, 3.8) is 0 Å². The first kappa shape index (κ1) is 12.7. The molecule has 0 spiro atoms. The van der Waals surface area contributed by atoms with E-state index in [4.69, 9.17) is 0 Å². The van der Waals surface area contributed by atoms with E-state index in [9.17, 15) is 4.79 Å². The molecule has 90 valence electrons. The molecule has 0 aliphatic rings. The van der Waals surface area contributed by atoms with Crippen LogP contribution >= 0.6 is 0 Å². The fraction of sp³-hybridized carbons (Fsp3) is 0.667. The van der Waals surface area contributed by atoms with Crippen molar-refractivity contribution in [3.05, 3.63) is 18.2 Å². The van der Waals surface area contributed by atoms with Crippen molar-refractivity contribution in [2.45, 2.75) is 46.1 Å². The van der Waals surface area contributed by atoms with Crippen molar-refractivity contribution in [1.29, 1.82) is 0 Å². The first-order valence-corrected chi connectivity index (χ1v) is 5.92. The lowest BCUT2D eigenvalue weighted by Crippen LogP contribution is -2.28. The van der Waals surface area contributed by atoms with E-state index in [1.807, 2.05) is 10.8 Å². The number of rotatable bonds is 6. The summed E-state index contributed by atoms with van der Waals surface area (Å²) in [5, 5.41) is 2.90. The number of unbranched alkanes of at least 4 members (excludes halogenated alkanes) is 1. The third-order valence-electron chi connectivity index (χ3n) is 2.43.